The number of benzene rings is 1. The minimum Gasteiger partial charge on any atom is -0.496 e. The molecule has 0 amide bonds. The van der Waals surface area contributed by atoms with Crippen molar-refractivity contribution >= 4 is 0 Å². The molecule has 1 N–H and O–H groups in total. The Morgan fingerprint density at radius 2 is 1.82 bits per heavy atom. The van der Waals surface area contributed by atoms with Crippen LogP contribution in [0, 0.1) is 5.92 Å². The molecule has 0 aliphatic heterocycles. The molecule has 3 heteroatoms. The highest BCUT2D eigenvalue weighted by atomic mass is 16.5. The van der Waals surface area contributed by atoms with Crippen molar-refractivity contribution < 1.29 is 14.6 Å². The van der Waals surface area contributed by atoms with Crippen LogP contribution >= 0.6 is 0 Å². The van der Waals surface area contributed by atoms with Crippen LogP contribution in [-0.2, 0) is 0 Å². The Kier molecular flexibility index (Phi) is 3.89. The Hall–Kier alpha value is -1.22. The maximum Gasteiger partial charge on any atom is 0.128 e. The Morgan fingerprint density at radius 1 is 1.24 bits per heavy atom. The molecular weight excluding hydrogens is 216 g/mol. The maximum absolute atomic E-state index is 10.3. The average molecular weight is 236 g/mol. The van der Waals surface area contributed by atoms with E-state index in [4.69, 9.17) is 9.47 Å². The van der Waals surface area contributed by atoms with E-state index < -0.39 is 6.10 Å². The first-order chi connectivity index (χ1) is 8.26. The first kappa shape index (κ1) is 12.2. The van der Waals surface area contributed by atoms with Gasteiger partial charge in [0.15, 0.2) is 0 Å². The van der Waals surface area contributed by atoms with E-state index in [1.165, 1.54) is 12.8 Å². The fourth-order valence-corrected chi connectivity index (χ4v) is 2.15. The van der Waals surface area contributed by atoms with Gasteiger partial charge in [0.05, 0.1) is 25.9 Å². The van der Waals surface area contributed by atoms with Crippen molar-refractivity contribution in [2.75, 3.05) is 14.2 Å². The van der Waals surface area contributed by atoms with E-state index in [-0.39, 0.29) is 0 Å². The molecule has 2 rings (SSSR count). The molecule has 1 aromatic rings. The van der Waals surface area contributed by atoms with E-state index in [1.807, 2.05) is 18.2 Å². The van der Waals surface area contributed by atoms with Gasteiger partial charge in [-0.1, -0.05) is 18.9 Å². The van der Waals surface area contributed by atoms with Gasteiger partial charge in [-0.25, -0.2) is 0 Å². The number of hydrogen-bond donors (Lipinski definition) is 1. The molecule has 1 saturated carbocycles. The van der Waals surface area contributed by atoms with E-state index >= 15 is 0 Å². The third kappa shape index (κ3) is 2.91. The van der Waals surface area contributed by atoms with Crippen molar-refractivity contribution in [3.8, 4) is 11.5 Å². The highest BCUT2D eigenvalue weighted by molar-refractivity contribution is 5.46. The topological polar surface area (TPSA) is 38.7 Å². The molecule has 0 radical (unpaired) electrons. The summed E-state index contributed by atoms with van der Waals surface area (Å²) >= 11 is 0. The number of aliphatic hydroxyl groups excluding tert-OH is 1. The van der Waals surface area contributed by atoms with Crippen molar-refractivity contribution in [1.29, 1.82) is 0 Å². The maximum atomic E-state index is 10.3. The lowest BCUT2D eigenvalue weighted by Crippen LogP contribution is -2.04. The number of aliphatic hydroxyl groups is 1. The van der Waals surface area contributed by atoms with Crippen LogP contribution in [0.2, 0.25) is 0 Å². The highest BCUT2D eigenvalue weighted by Crippen LogP contribution is 2.40. The van der Waals surface area contributed by atoms with E-state index in [9.17, 15) is 5.11 Å². The monoisotopic (exact) mass is 236 g/mol. The van der Waals surface area contributed by atoms with Crippen LogP contribution in [0.3, 0.4) is 0 Å². The molecule has 0 aromatic heterocycles. The summed E-state index contributed by atoms with van der Waals surface area (Å²) in [5.41, 5.74) is 0.776. The van der Waals surface area contributed by atoms with Crippen LogP contribution < -0.4 is 9.47 Å². The lowest BCUT2D eigenvalue weighted by molar-refractivity contribution is 0.154. The smallest absolute Gasteiger partial charge is 0.128 e. The number of methoxy groups -OCH3 is 2. The van der Waals surface area contributed by atoms with Crippen molar-refractivity contribution in [2.24, 2.45) is 5.92 Å². The third-order valence-electron chi connectivity index (χ3n) is 3.34. The van der Waals surface area contributed by atoms with Gasteiger partial charge in [-0.05, 0) is 30.9 Å². The number of rotatable bonds is 6. The van der Waals surface area contributed by atoms with E-state index in [1.54, 1.807) is 14.2 Å². The summed E-state index contributed by atoms with van der Waals surface area (Å²) in [7, 11) is 3.23. The quantitative estimate of drug-likeness (QED) is 0.825. The summed E-state index contributed by atoms with van der Waals surface area (Å²) in [4.78, 5) is 0. The normalized spacial score (nSPS) is 16.6. The van der Waals surface area contributed by atoms with Gasteiger partial charge in [0, 0.05) is 0 Å². The standard InChI is InChI=1S/C14H20O3/c1-16-12-4-3-5-13(17-2)14(12)11(15)9-8-10-6-7-10/h3-5,10-11,15H,6-9H2,1-2H3. The second-order valence-corrected chi connectivity index (χ2v) is 4.61. The Bertz CT molecular complexity index is 349. The molecule has 1 unspecified atom stereocenters. The fraction of sp³-hybridized carbons (Fsp3) is 0.571. The van der Waals surface area contributed by atoms with Gasteiger partial charge in [-0.15, -0.1) is 0 Å². The predicted molar refractivity (Wildman–Crippen MR) is 66.5 cm³/mol. The van der Waals surface area contributed by atoms with Crippen molar-refractivity contribution in [3.63, 3.8) is 0 Å². The molecule has 94 valence electrons. The van der Waals surface area contributed by atoms with Crippen molar-refractivity contribution in [3.05, 3.63) is 23.8 Å². The molecule has 0 spiro atoms. The molecule has 0 saturated heterocycles. The zero-order valence-electron chi connectivity index (χ0n) is 10.5. The van der Waals surface area contributed by atoms with E-state index in [0.29, 0.717) is 11.5 Å². The second kappa shape index (κ2) is 5.41. The zero-order chi connectivity index (χ0) is 12.3. The molecule has 1 fully saturated rings. The van der Waals surface area contributed by atoms with Gasteiger partial charge in [-0.2, -0.15) is 0 Å². The average Bonchev–Trinajstić information content (AvgIpc) is 3.18. The van der Waals surface area contributed by atoms with Gasteiger partial charge in [0.25, 0.3) is 0 Å². The number of hydrogen-bond acceptors (Lipinski definition) is 3. The molecule has 1 aliphatic carbocycles. The van der Waals surface area contributed by atoms with Crippen molar-refractivity contribution in [2.45, 2.75) is 31.8 Å². The largest absolute Gasteiger partial charge is 0.496 e. The molecular formula is C14H20O3. The molecule has 3 nitrogen and oxygen atoms in total. The fourth-order valence-electron chi connectivity index (χ4n) is 2.15. The first-order valence-electron chi connectivity index (χ1n) is 6.15. The van der Waals surface area contributed by atoms with Crippen LogP contribution in [0.15, 0.2) is 18.2 Å². The van der Waals surface area contributed by atoms with Crippen LogP contribution in [0.4, 0.5) is 0 Å². The SMILES string of the molecule is COc1cccc(OC)c1C(O)CCC1CC1. The van der Waals surface area contributed by atoms with Crippen LogP contribution in [0.5, 0.6) is 11.5 Å². The van der Waals surface area contributed by atoms with Gasteiger partial charge >= 0.3 is 0 Å². The Labute approximate surface area is 102 Å². The summed E-state index contributed by atoms with van der Waals surface area (Å²) in [6.45, 7) is 0. The summed E-state index contributed by atoms with van der Waals surface area (Å²) in [5, 5.41) is 10.3. The van der Waals surface area contributed by atoms with Crippen molar-refractivity contribution in [1.82, 2.24) is 0 Å². The summed E-state index contributed by atoms with van der Waals surface area (Å²) in [6, 6.07) is 5.59. The van der Waals surface area contributed by atoms with E-state index in [2.05, 4.69) is 0 Å². The van der Waals surface area contributed by atoms with Gasteiger partial charge in [0.2, 0.25) is 0 Å². The third-order valence-corrected chi connectivity index (χ3v) is 3.34. The number of ether oxygens (including phenoxy) is 2. The molecule has 0 bridgehead atoms. The predicted octanol–water partition coefficient (Wildman–Crippen LogP) is 2.93. The van der Waals surface area contributed by atoms with Crippen LogP contribution in [0.25, 0.3) is 0 Å². The highest BCUT2D eigenvalue weighted by Gasteiger charge is 2.24. The van der Waals surface area contributed by atoms with Gasteiger partial charge < -0.3 is 14.6 Å². The minimum atomic E-state index is -0.498. The second-order valence-electron chi connectivity index (χ2n) is 4.61. The Balaban J connectivity index is 2.14. The molecule has 1 atom stereocenters. The van der Waals surface area contributed by atoms with Crippen LogP contribution in [-0.4, -0.2) is 19.3 Å². The lowest BCUT2D eigenvalue weighted by Gasteiger charge is -2.17. The molecule has 1 aromatic carbocycles. The lowest BCUT2D eigenvalue weighted by atomic mass is 10.0. The molecule has 1 aliphatic rings. The summed E-state index contributed by atoms with van der Waals surface area (Å²) in [6.07, 6.45) is 4.00. The summed E-state index contributed by atoms with van der Waals surface area (Å²) in [5.74, 6) is 2.23. The first-order valence-corrected chi connectivity index (χ1v) is 6.15. The molecule has 0 heterocycles. The van der Waals surface area contributed by atoms with Crippen LogP contribution in [0.1, 0.15) is 37.4 Å². The van der Waals surface area contributed by atoms with Gasteiger partial charge in [-0.3, -0.25) is 0 Å². The zero-order valence-corrected chi connectivity index (χ0v) is 10.5. The van der Waals surface area contributed by atoms with E-state index in [0.717, 1.165) is 24.3 Å². The Morgan fingerprint density at radius 3 is 2.29 bits per heavy atom. The van der Waals surface area contributed by atoms with Gasteiger partial charge in [0.1, 0.15) is 11.5 Å². The summed E-state index contributed by atoms with van der Waals surface area (Å²) < 4.78 is 10.6. The molecule has 17 heavy (non-hydrogen) atoms. The minimum absolute atomic E-state index is 0.498.